The molecule has 16 nitrogen and oxygen atoms in total. The first-order valence-electron chi connectivity index (χ1n) is 21.2. The van der Waals surface area contributed by atoms with E-state index < -0.39 is 96.3 Å². The van der Waals surface area contributed by atoms with Crippen LogP contribution in [0.5, 0.6) is 0 Å². The molecule has 2 aliphatic heterocycles. The van der Waals surface area contributed by atoms with Crippen LogP contribution in [0.15, 0.2) is 90.8 Å². The van der Waals surface area contributed by atoms with E-state index in [0.717, 1.165) is 34.1 Å². The number of likely N-dealkylation sites (N-methyl/N-ethyl adjacent to an activating group) is 1. The van der Waals surface area contributed by atoms with Crippen LogP contribution in [0.25, 0.3) is 16.8 Å². The maximum absolute atomic E-state index is 15.0. The summed E-state index contributed by atoms with van der Waals surface area (Å²) in [5.41, 5.74) is 6.50. The van der Waals surface area contributed by atoms with Crippen molar-refractivity contribution in [2.45, 2.75) is 62.6 Å². The van der Waals surface area contributed by atoms with Crippen molar-refractivity contribution in [1.82, 2.24) is 30.3 Å². The lowest BCUT2D eigenvalue weighted by atomic mass is 9.90. The van der Waals surface area contributed by atoms with Crippen molar-refractivity contribution < 1.29 is 56.4 Å². The molecule has 7 N–H and O–H groups in total. The lowest BCUT2D eigenvalue weighted by Crippen LogP contribution is -2.64. The number of benzene rings is 4. The zero-order valence-corrected chi connectivity index (χ0v) is 38.1. The fraction of sp³-hybridized carbons (Fsp3) is 0.277. The molecule has 2 aliphatic rings. The van der Waals surface area contributed by atoms with E-state index in [-0.39, 0.29) is 65.2 Å². The Morgan fingerprint density at radius 3 is 2.26 bits per heavy atom. The number of aromatic nitrogens is 1. The summed E-state index contributed by atoms with van der Waals surface area (Å²) in [5, 5.41) is 30.5. The Bertz CT molecular complexity index is 2810. The van der Waals surface area contributed by atoms with Crippen molar-refractivity contribution in [1.29, 1.82) is 0 Å². The van der Waals surface area contributed by atoms with Crippen molar-refractivity contribution in [3.8, 4) is 0 Å². The van der Waals surface area contributed by atoms with Gasteiger partial charge in [-0.15, -0.1) is 0 Å². The molecule has 22 heteroatoms. The fourth-order valence-electron chi connectivity index (χ4n) is 8.15. The molecule has 0 spiro atoms. The summed E-state index contributed by atoms with van der Waals surface area (Å²) in [7, 11) is 1.21. The van der Waals surface area contributed by atoms with E-state index in [1.54, 1.807) is 0 Å². The second kappa shape index (κ2) is 21.3. The molecule has 0 saturated carbocycles. The molecule has 3 heterocycles. The molecular weight excluding hydrogens is 951 g/mol. The molecule has 7 rings (SSSR count). The van der Waals surface area contributed by atoms with Crippen LogP contribution in [0.1, 0.15) is 35.1 Å². The molecule has 363 valence electrons. The minimum Gasteiger partial charge on any atom is -0.408 e. The van der Waals surface area contributed by atoms with Gasteiger partial charge in [0.15, 0.2) is 0 Å². The lowest BCUT2D eigenvalue weighted by molar-refractivity contribution is -0.224. The SMILES string of the molecule is [CH2]C(O)C[C@H](N(C)C(=O)NCc1cccc(F)c1Cl)C(OC[C@@H]1[C@H](O)CCN1C(=O)NCc1cccc(F)c1Cl)(OC(=O)Nc1cc2cc(F)ccc2cn1)C1=Cc2cc(F)ccc2CN1C(N)=O. The topological polar surface area (TPSA) is 212 Å². The Kier molecular flexibility index (Phi) is 15.5. The number of aliphatic hydroxyl groups is 2. The van der Waals surface area contributed by atoms with Gasteiger partial charge in [0.1, 0.15) is 35.1 Å². The van der Waals surface area contributed by atoms with Gasteiger partial charge >= 0.3 is 24.2 Å². The van der Waals surface area contributed by atoms with Crippen LogP contribution in [0, 0.1) is 30.2 Å². The second-order valence-electron chi connectivity index (χ2n) is 16.2. The zero-order chi connectivity index (χ0) is 49.7. The summed E-state index contributed by atoms with van der Waals surface area (Å²) in [6.07, 6.45) is -2.39. The highest BCUT2D eigenvalue weighted by molar-refractivity contribution is 6.31. The smallest absolute Gasteiger partial charge is 0.408 e. The number of carbonyl (C=O) groups excluding carboxylic acids is 4. The van der Waals surface area contributed by atoms with Crippen LogP contribution in [0.2, 0.25) is 10.0 Å². The van der Waals surface area contributed by atoms with E-state index in [1.807, 2.05) is 0 Å². The Morgan fingerprint density at radius 1 is 0.942 bits per heavy atom. The van der Waals surface area contributed by atoms with Crippen molar-refractivity contribution in [2.75, 3.05) is 25.5 Å². The van der Waals surface area contributed by atoms with Crippen LogP contribution < -0.4 is 21.7 Å². The van der Waals surface area contributed by atoms with Crippen LogP contribution >= 0.6 is 23.2 Å². The number of likely N-dealkylation sites (tertiary alicyclic amines) is 1. The number of nitrogens with zero attached hydrogens (tertiary/aromatic N) is 4. The van der Waals surface area contributed by atoms with Gasteiger partial charge in [0.25, 0.3) is 5.79 Å². The number of carbonyl (C=O) groups is 4. The summed E-state index contributed by atoms with van der Waals surface area (Å²) >= 11 is 12.3. The number of ether oxygens (including phenoxy) is 2. The molecule has 69 heavy (non-hydrogen) atoms. The minimum absolute atomic E-state index is 0.000527. The number of hydrogen-bond donors (Lipinski definition) is 6. The highest BCUT2D eigenvalue weighted by Gasteiger charge is 2.55. The Morgan fingerprint density at radius 2 is 1.59 bits per heavy atom. The van der Waals surface area contributed by atoms with Crippen LogP contribution in [0.4, 0.5) is 42.6 Å². The molecule has 1 aromatic heterocycles. The summed E-state index contributed by atoms with van der Waals surface area (Å²) in [4.78, 5) is 63.7. The number of primary amides is 1. The van der Waals surface area contributed by atoms with Gasteiger partial charge in [-0.05, 0) is 95.6 Å². The lowest BCUT2D eigenvalue weighted by Gasteiger charge is -2.48. The van der Waals surface area contributed by atoms with Crippen molar-refractivity contribution in [3.05, 3.63) is 153 Å². The van der Waals surface area contributed by atoms with E-state index in [9.17, 15) is 42.6 Å². The monoisotopic (exact) mass is 995 g/mol. The third-order valence-electron chi connectivity index (χ3n) is 11.7. The third-order valence-corrected chi connectivity index (χ3v) is 12.5. The van der Waals surface area contributed by atoms with Crippen molar-refractivity contribution in [2.24, 2.45) is 5.73 Å². The fourth-order valence-corrected chi connectivity index (χ4v) is 8.54. The number of aliphatic hydroxyl groups excluding tert-OH is 2. The number of rotatable bonds is 14. The minimum atomic E-state index is -2.87. The maximum Gasteiger partial charge on any atom is 0.415 e. The Labute approximate surface area is 402 Å². The average Bonchev–Trinajstić information content (AvgIpc) is 3.69. The average molecular weight is 997 g/mol. The molecule has 1 saturated heterocycles. The van der Waals surface area contributed by atoms with E-state index in [2.05, 4.69) is 27.9 Å². The molecule has 7 amide bonds. The number of nitrogens with two attached hydrogens (primary N) is 1. The number of fused-ring (bicyclic) bond motifs is 2. The summed E-state index contributed by atoms with van der Waals surface area (Å²) in [5.74, 6) is -5.84. The highest BCUT2D eigenvalue weighted by Crippen LogP contribution is 2.41. The number of hydrogen-bond acceptors (Lipinski definition) is 9. The largest absolute Gasteiger partial charge is 0.415 e. The molecular formula is C47H45Cl2F4N8O8. The number of nitrogens with one attached hydrogen (secondary N) is 3. The summed E-state index contributed by atoms with van der Waals surface area (Å²) < 4.78 is 71.1. The third kappa shape index (κ3) is 11.3. The van der Waals surface area contributed by atoms with Gasteiger partial charge in [0, 0.05) is 44.7 Å². The van der Waals surface area contributed by atoms with Crippen LogP contribution in [0.3, 0.4) is 0 Å². The maximum atomic E-state index is 15.0. The van der Waals surface area contributed by atoms with Gasteiger partial charge < -0.3 is 45.9 Å². The molecule has 0 aliphatic carbocycles. The first-order chi connectivity index (χ1) is 32.8. The van der Waals surface area contributed by atoms with E-state index in [0.29, 0.717) is 16.3 Å². The van der Waals surface area contributed by atoms with Crippen LogP contribution in [-0.2, 0) is 29.1 Å². The quantitative estimate of drug-likeness (QED) is 0.0482. The van der Waals surface area contributed by atoms with E-state index >= 15 is 4.39 Å². The highest BCUT2D eigenvalue weighted by atomic mass is 35.5. The molecule has 5 atom stereocenters. The second-order valence-corrected chi connectivity index (χ2v) is 17.0. The van der Waals surface area contributed by atoms with Gasteiger partial charge in [0.05, 0.1) is 47.1 Å². The molecule has 1 fully saturated rings. The van der Waals surface area contributed by atoms with Gasteiger partial charge in [-0.3, -0.25) is 10.2 Å². The van der Waals surface area contributed by atoms with Gasteiger partial charge in [-0.2, -0.15) is 0 Å². The first-order valence-corrected chi connectivity index (χ1v) is 22.0. The molecule has 0 bridgehead atoms. The van der Waals surface area contributed by atoms with E-state index in [1.165, 1.54) is 78.8 Å². The Balaban J connectivity index is 1.35. The molecule has 2 unspecified atom stereocenters. The normalized spacial score (nSPS) is 17.3. The predicted molar refractivity (Wildman–Crippen MR) is 246 cm³/mol. The zero-order valence-electron chi connectivity index (χ0n) is 36.6. The van der Waals surface area contributed by atoms with Crippen molar-refractivity contribution in [3.63, 3.8) is 0 Å². The summed E-state index contributed by atoms with van der Waals surface area (Å²) in [6, 6.07) is 10.8. The van der Waals surface area contributed by atoms with Crippen LogP contribution in [-0.4, -0.2) is 104 Å². The Hall–Kier alpha value is -6.71. The van der Waals surface area contributed by atoms with Crippen molar-refractivity contribution >= 4 is 70.1 Å². The molecule has 5 aromatic rings. The van der Waals surface area contributed by atoms with Gasteiger partial charge in [-0.25, -0.2) is 41.7 Å². The number of halogens is 6. The molecule has 1 radical (unpaired) electrons. The number of anilines is 1. The first kappa shape index (κ1) is 50.2. The number of pyridine rings is 1. The standard InChI is InChI=1S/C47H45Cl2F4N8O8/c1-25(62)15-38(59(2)44(65)56-21-27-5-3-7-34(52)41(27)48)47(39-18-30-16-33(51)12-10-29(30)23-61(39)43(54)64,69-46(67)58-40-19-31-17-32(50)11-9-26(31)20-55-40)68-24-36-37(63)13-14-60(36)45(66)57-22-28-6-4-8-35(53)42(28)49/h3-12,16-20,25,36-38,62-63H,1,13-15,21-24H2,2H3,(H2,54,64)(H,56,65)(H,57,66)(H,55,58,67)/t25?,36-,37-,38+,47?/m1/s1. The van der Waals surface area contributed by atoms with Gasteiger partial charge in [0.2, 0.25) is 0 Å². The number of urea groups is 3. The number of amides is 7. The summed E-state index contributed by atoms with van der Waals surface area (Å²) in [6.45, 7) is 1.90. The van der Waals surface area contributed by atoms with E-state index in [4.69, 9.17) is 38.4 Å². The predicted octanol–water partition coefficient (Wildman–Crippen LogP) is 7.44. The molecule has 4 aromatic carbocycles. The van der Waals surface area contributed by atoms with Gasteiger partial charge in [-0.1, -0.05) is 53.5 Å².